The molecule has 5 nitrogen and oxygen atoms in total. The molecule has 0 aromatic heterocycles. The minimum atomic E-state index is -2.39. The van der Waals surface area contributed by atoms with Crippen LogP contribution in [-0.4, -0.2) is 60.5 Å². The van der Waals surface area contributed by atoms with Crippen LogP contribution in [0.5, 0.6) is 0 Å². The fraction of sp³-hybridized carbons (Fsp3) is 0.476. The third-order valence-electron chi connectivity index (χ3n) is 4.62. The summed E-state index contributed by atoms with van der Waals surface area (Å²) in [6.07, 6.45) is 6.79. The van der Waals surface area contributed by atoms with Gasteiger partial charge in [0, 0.05) is 42.6 Å². The highest BCUT2D eigenvalue weighted by Gasteiger charge is 2.36. The van der Waals surface area contributed by atoms with E-state index in [1.54, 1.807) is 31.1 Å². The number of carbonyl (C=O) groups is 1. The molecule has 0 spiro atoms. The molecule has 1 fully saturated rings. The third-order valence-corrected chi connectivity index (χ3v) is 6.19. The number of alkyl halides is 2. The largest absolute Gasteiger partial charge is 0.342 e. The fourth-order valence-electron chi connectivity index (χ4n) is 3.32. The lowest BCUT2D eigenvalue weighted by Gasteiger charge is -2.29. The van der Waals surface area contributed by atoms with Crippen molar-refractivity contribution < 1.29 is 13.6 Å². The maximum absolute atomic E-state index is 12.5. The highest BCUT2D eigenvalue weighted by molar-refractivity contribution is 8.12. The molecule has 2 heterocycles. The number of carbonyl (C=O) groups excluding carboxylic acids is 1. The number of thioether (sulfide) groups is 2. The van der Waals surface area contributed by atoms with Crippen LogP contribution in [0.3, 0.4) is 0 Å². The lowest BCUT2D eigenvalue weighted by Crippen LogP contribution is -2.38. The van der Waals surface area contributed by atoms with Gasteiger partial charge in [-0.25, -0.2) is 8.78 Å². The van der Waals surface area contributed by atoms with Gasteiger partial charge in [0.1, 0.15) is 5.84 Å². The van der Waals surface area contributed by atoms with E-state index < -0.39 is 6.43 Å². The number of amides is 1. The second-order valence-electron chi connectivity index (χ2n) is 6.59. The van der Waals surface area contributed by atoms with E-state index in [9.17, 15) is 13.6 Å². The third kappa shape index (κ3) is 6.31. The summed E-state index contributed by atoms with van der Waals surface area (Å²) >= 11 is 2.74. The van der Waals surface area contributed by atoms with Crippen molar-refractivity contribution >= 4 is 40.3 Å². The first-order chi connectivity index (χ1) is 14.4. The van der Waals surface area contributed by atoms with Crippen LogP contribution in [0.1, 0.15) is 26.7 Å². The number of amidine groups is 1. The average molecular weight is 455 g/mol. The van der Waals surface area contributed by atoms with Crippen molar-refractivity contribution in [1.82, 2.24) is 10.2 Å². The predicted molar refractivity (Wildman–Crippen MR) is 126 cm³/mol. The van der Waals surface area contributed by atoms with Gasteiger partial charge in [-0.15, -0.1) is 0 Å². The van der Waals surface area contributed by atoms with Crippen LogP contribution < -0.4 is 5.32 Å². The monoisotopic (exact) mass is 454 g/mol. The molecule has 1 unspecified atom stereocenters. The van der Waals surface area contributed by atoms with Gasteiger partial charge in [-0.2, -0.15) is 0 Å². The number of fused-ring (bicyclic) bond motifs is 1. The molecule has 2 aliphatic rings. The molecule has 0 radical (unpaired) electrons. The number of aliphatic imine (C=N–C) groups is 2. The van der Waals surface area contributed by atoms with Gasteiger partial charge in [-0.3, -0.25) is 14.8 Å². The molecule has 164 valence electrons. The zero-order valence-electron chi connectivity index (χ0n) is 17.7. The first-order valence-electron chi connectivity index (χ1n) is 9.69. The first-order valence-corrected chi connectivity index (χ1v) is 11.8. The number of allylic oxidation sites excluding steroid dienone is 4. The van der Waals surface area contributed by atoms with Crippen LogP contribution in [0, 0.1) is 0 Å². The van der Waals surface area contributed by atoms with Crippen molar-refractivity contribution in [3.8, 4) is 0 Å². The van der Waals surface area contributed by atoms with Crippen molar-refractivity contribution in [2.45, 2.75) is 39.2 Å². The molecule has 2 rings (SSSR count). The van der Waals surface area contributed by atoms with E-state index in [0.717, 1.165) is 33.8 Å². The van der Waals surface area contributed by atoms with Gasteiger partial charge in [0.25, 0.3) is 5.24 Å². The van der Waals surface area contributed by atoms with Gasteiger partial charge < -0.3 is 10.2 Å². The highest BCUT2D eigenvalue weighted by atomic mass is 32.2. The van der Waals surface area contributed by atoms with Gasteiger partial charge in [0.2, 0.25) is 6.43 Å². The van der Waals surface area contributed by atoms with Crippen molar-refractivity contribution in [3.05, 3.63) is 45.9 Å². The molecular weight excluding hydrogens is 426 g/mol. The minimum absolute atomic E-state index is 0.0498. The Labute approximate surface area is 185 Å². The average Bonchev–Trinajstić information content (AvgIpc) is 3.15. The minimum Gasteiger partial charge on any atom is -0.342 e. The summed E-state index contributed by atoms with van der Waals surface area (Å²) in [7, 11) is 1.65. The Balaban J connectivity index is 2.38. The molecule has 0 bridgehead atoms. The van der Waals surface area contributed by atoms with Gasteiger partial charge in [-0.1, -0.05) is 41.8 Å². The summed E-state index contributed by atoms with van der Waals surface area (Å²) in [6.45, 7) is 4.97. The SMILES string of the molecule is CC=C(S/C=C\C)C1=NCC(C(/C=C\CC(F)F)=NC)=C2CC(NC(=O)SC)CN12. The summed E-state index contributed by atoms with van der Waals surface area (Å²) < 4.78 is 25.1. The van der Waals surface area contributed by atoms with Gasteiger partial charge in [0.15, 0.2) is 0 Å². The van der Waals surface area contributed by atoms with E-state index in [2.05, 4.69) is 15.2 Å². The Bertz CT molecular complexity index is 816. The molecule has 2 aliphatic heterocycles. The molecule has 0 aliphatic carbocycles. The smallest absolute Gasteiger partial charge is 0.279 e. The maximum Gasteiger partial charge on any atom is 0.279 e. The Morgan fingerprint density at radius 2 is 2.20 bits per heavy atom. The molecule has 0 aromatic rings. The molecule has 1 saturated heterocycles. The molecule has 9 heteroatoms. The number of hydrogen-bond acceptors (Lipinski definition) is 6. The van der Waals surface area contributed by atoms with Crippen LogP contribution in [0.25, 0.3) is 0 Å². The Morgan fingerprint density at radius 3 is 2.80 bits per heavy atom. The number of hydrogen-bond donors (Lipinski definition) is 1. The zero-order valence-corrected chi connectivity index (χ0v) is 19.3. The van der Waals surface area contributed by atoms with E-state index in [1.807, 2.05) is 31.4 Å². The second kappa shape index (κ2) is 12.1. The molecular formula is C21H28F2N4OS2. The Hall–Kier alpha value is -1.87. The van der Waals surface area contributed by atoms with Crippen LogP contribution in [0.15, 0.2) is 55.9 Å². The quantitative estimate of drug-likeness (QED) is 0.509. The number of nitrogens with one attached hydrogen (secondary N) is 1. The predicted octanol–water partition coefficient (Wildman–Crippen LogP) is 5.25. The topological polar surface area (TPSA) is 57.1 Å². The van der Waals surface area contributed by atoms with Crippen LogP contribution in [-0.2, 0) is 0 Å². The molecule has 0 saturated carbocycles. The van der Waals surface area contributed by atoms with Crippen molar-refractivity contribution in [3.63, 3.8) is 0 Å². The summed E-state index contributed by atoms with van der Waals surface area (Å²) in [5, 5.41) is 4.97. The molecule has 1 N–H and O–H groups in total. The lowest BCUT2D eigenvalue weighted by atomic mass is 10.0. The standard InChI is InChI=1S/C21H28F2N4OS2/c1-5-10-30-18(6-2)20-25-12-15(16(24-3)8-7-9-19(22)23)17-11-14(13-27(17)20)26-21(28)29-4/h5-8,10,14,19H,9,11-13H2,1-4H3,(H,26,28)/b8-7-,10-5-,18-6?,24-16?. The van der Waals surface area contributed by atoms with Crippen molar-refractivity contribution in [1.29, 1.82) is 0 Å². The van der Waals surface area contributed by atoms with Crippen LogP contribution in [0.2, 0.25) is 0 Å². The zero-order chi connectivity index (χ0) is 22.1. The van der Waals surface area contributed by atoms with Crippen molar-refractivity contribution in [2.24, 2.45) is 9.98 Å². The Morgan fingerprint density at radius 1 is 1.43 bits per heavy atom. The first kappa shape index (κ1) is 24.4. The summed E-state index contributed by atoms with van der Waals surface area (Å²) in [5.41, 5.74) is 2.60. The number of halogens is 2. The second-order valence-corrected chi connectivity index (χ2v) is 8.32. The normalized spacial score (nSPS) is 20.6. The van der Waals surface area contributed by atoms with Crippen LogP contribution in [0.4, 0.5) is 13.6 Å². The van der Waals surface area contributed by atoms with E-state index >= 15 is 0 Å². The van der Waals surface area contributed by atoms with E-state index in [0.29, 0.717) is 25.2 Å². The van der Waals surface area contributed by atoms with Gasteiger partial charge in [0.05, 0.1) is 18.3 Å². The Kier molecular flexibility index (Phi) is 9.84. The van der Waals surface area contributed by atoms with Gasteiger partial charge in [-0.05, 0) is 31.6 Å². The number of nitrogens with zero attached hydrogens (tertiary/aromatic N) is 3. The summed E-state index contributed by atoms with van der Waals surface area (Å²) in [5.74, 6) is 0.868. The van der Waals surface area contributed by atoms with Crippen LogP contribution >= 0.6 is 23.5 Å². The summed E-state index contributed by atoms with van der Waals surface area (Å²) in [4.78, 5) is 24.2. The van der Waals surface area contributed by atoms with E-state index in [-0.39, 0.29) is 17.7 Å². The fourth-order valence-corrected chi connectivity index (χ4v) is 4.30. The van der Waals surface area contributed by atoms with Gasteiger partial charge >= 0.3 is 0 Å². The molecule has 30 heavy (non-hydrogen) atoms. The van der Waals surface area contributed by atoms with E-state index in [1.165, 1.54) is 6.08 Å². The van der Waals surface area contributed by atoms with Crippen molar-refractivity contribution in [2.75, 3.05) is 26.4 Å². The number of rotatable bonds is 8. The van der Waals surface area contributed by atoms with E-state index in [4.69, 9.17) is 4.99 Å². The molecule has 0 aromatic carbocycles. The maximum atomic E-state index is 12.5. The molecule has 1 atom stereocenters. The lowest BCUT2D eigenvalue weighted by molar-refractivity contribution is 0.152. The highest BCUT2D eigenvalue weighted by Crippen LogP contribution is 2.34. The molecule has 1 amide bonds. The summed E-state index contributed by atoms with van der Waals surface area (Å²) in [6, 6.07) is -0.0498.